The lowest BCUT2D eigenvalue weighted by Gasteiger charge is -2.36. The number of aromatic amines is 1. The molecule has 8 heteroatoms. The molecular weight excluding hydrogens is 392 g/mol. The van der Waals surface area contributed by atoms with Gasteiger partial charge in [0, 0.05) is 19.3 Å². The minimum atomic E-state index is -0.665. The predicted octanol–water partition coefficient (Wildman–Crippen LogP) is 3.18. The molecule has 4 rings (SSSR count). The van der Waals surface area contributed by atoms with Crippen LogP contribution in [0.25, 0.3) is 0 Å². The number of guanidine groups is 1. The van der Waals surface area contributed by atoms with Crippen LogP contribution in [-0.2, 0) is 4.79 Å². The Hall–Kier alpha value is -2.38. The molecule has 2 aliphatic carbocycles. The third kappa shape index (κ3) is 4.93. The zero-order chi connectivity index (χ0) is 21.8. The number of nitrogens with zero attached hydrogens (tertiary/aromatic N) is 2. The Kier molecular flexibility index (Phi) is 6.62. The monoisotopic (exact) mass is 428 g/mol. The average Bonchev–Trinajstić information content (AvgIpc) is 3.38. The van der Waals surface area contributed by atoms with E-state index >= 15 is 0 Å². The normalized spacial score (nSPS) is 29.8. The summed E-state index contributed by atoms with van der Waals surface area (Å²) in [5.41, 5.74) is -0.254. The maximum absolute atomic E-state index is 13.2. The van der Waals surface area contributed by atoms with Crippen molar-refractivity contribution in [2.45, 2.75) is 88.6 Å². The highest BCUT2D eigenvalue weighted by Crippen LogP contribution is 2.38. The first-order valence-electron chi connectivity index (χ1n) is 11.9. The van der Waals surface area contributed by atoms with E-state index < -0.39 is 5.54 Å². The van der Waals surface area contributed by atoms with Crippen molar-refractivity contribution in [3.63, 3.8) is 0 Å². The van der Waals surface area contributed by atoms with Crippen molar-refractivity contribution < 1.29 is 9.59 Å². The number of carbonyl (C=O) groups excluding carboxylic acids is 2. The van der Waals surface area contributed by atoms with Gasteiger partial charge in [0.15, 0.2) is 5.96 Å². The highest BCUT2D eigenvalue weighted by Gasteiger charge is 2.49. The smallest absolute Gasteiger partial charge is 0.271 e. The van der Waals surface area contributed by atoms with E-state index in [1.807, 2.05) is 0 Å². The van der Waals surface area contributed by atoms with Crippen molar-refractivity contribution >= 4 is 17.8 Å². The van der Waals surface area contributed by atoms with E-state index in [0.29, 0.717) is 17.5 Å². The maximum atomic E-state index is 13.2. The molecule has 2 heterocycles. The number of hydrogen-bond donors (Lipinski definition) is 4. The molecule has 1 aromatic rings. The standard InChI is InChI=1S/C23H36N6O2/c1-29-21(31)23(27-22(29)24,12-10-16-6-3-2-4-7-16)15-17-8-5-9-18(14-17)26-20(30)19-11-13-25-28-19/h11,13,16-18H,2-10,12,14-15H2,1H3,(H2,24,27)(H,25,28)(H,26,30)/t17-,18+,23+/m0/s1. The van der Waals surface area contributed by atoms with Gasteiger partial charge in [0.05, 0.1) is 0 Å². The molecule has 1 aromatic heterocycles. The van der Waals surface area contributed by atoms with Crippen molar-refractivity contribution in [1.82, 2.24) is 25.7 Å². The molecule has 3 fully saturated rings. The van der Waals surface area contributed by atoms with E-state index in [1.165, 1.54) is 37.0 Å². The molecule has 0 radical (unpaired) electrons. The molecule has 0 spiro atoms. The van der Waals surface area contributed by atoms with Crippen molar-refractivity contribution in [2.75, 3.05) is 7.05 Å². The summed E-state index contributed by atoms with van der Waals surface area (Å²) in [4.78, 5) is 27.1. The van der Waals surface area contributed by atoms with Gasteiger partial charge in [-0.15, -0.1) is 0 Å². The molecule has 0 unspecified atom stereocenters. The van der Waals surface area contributed by atoms with Crippen molar-refractivity contribution in [3.8, 4) is 0 Å². The summed E-state index contributed by atoms with van der Waals surface area (Å²) in [5, 5.41) is 21.3. The van der Waals surface area contributed by atoms with Gasteiger partial charge in [0.1, 0.15) is 11.2 Å². The second kappa shape index (κ2) is 9.40. The van der Waals surface area contributed by atoms with E-state index in [0.717, 1.165) is 44.9 Å². The quantitative estimate of drug-likeness (QED) is 0.534. The van der Waals surface area contributed by atoms with E-state index in [4.69, 9.17) is 5.41 Å². The summed E-state index contributed by atoms with van der Waals surface area (Å²) in [6.45, 7) is 0. The van der Waals surface area contributed by atoms with Gasteiger partial charge in [-0.1, -0.05) is 44.9 Å². The minimum absolute atomic E-state index is 0.0380. The van der Waals surface area contributed by atoms with Gasteiger partial charge in [0.2, 0.25) is 0 Å². The third-order valence-corrected chi connectivity index (χ3v) is 7.60. The van der Waals surface area contributed by atoms with Crippen molar-refractivity contribution in [2.24, 2.45) is 11.8 Å². The molecule has 31 heavy (non-hydrogen) atoms. The molecule has 170 valence electrons. The number of hydrogen-bond acceptors (Lipinski definition) is 4. The molecule has 3 aliphatic rings. The summed E-state index contributed by atoms with van der Waals surface area (Å²) < 4.78 is 0. The lowest BCUT2D eigenvalue weighted by Crippen LogP contribution is -2.50. The Morgan fingerprint density at radius 3 is 2.68 bits per heavy atom. The number of amides is 2. The van der Waals surface area contributed by atoms with Crippen molar-refractivity contribution in [3.05, 3.63) is 18.0 Å². The summed E-state index contributed by atoms with van der Waals surface area (Å²) in [5.74, 6) is 1.16. The van der Waals surface area contributed by atoms with Gasteiger partial charge in [-0.2, -0.15) is 5.10 Å². The summed E-state index contributed by atoms with van der Waals surface area (Å²) >= 11 is 0. The predicted molar refractivity (Wildman–Crippen MR) is 119 cm³/mol. The molecule has 1 saturated heterocycles. The van der Waals surface area contributed by atoms with Gasteiger partial charge in [-0.05, 0) is 50.0 Å². The molecule has 0 bridgehead atoms. The zero-order valence-electron chi connectivity index (χ0n) is 18.6. The highest BCUT2D eigenvalue weighted by atomic mass is 16.2. The largest absolute Gasteiger partial charge is 0.348 e. The van der Waals surface area contributed by atoms with Crippen LogP contribution in [0.3, 0.4) is 0 Å². The fraction of sp³-hybridized carbons (Fsp3) is 0.739. The molecule has 3 atom stereocenters. The second-order valence-electron chi connectivity index (χ2n) is 9.83. The summed E-state index contributed by atoms with van der Waals surface area (Å²) in [7, 11) is 1.70. The van der Waals surface area contributed by atoms with Crippen LogP contribution >= 0.6 is 0 Å². The fourth-order valence-corrected chi connectivity index (χ4v) is 5.87. The number of likely N-dealkylation sites (N-methyl/N-ethyl adjacent to an activating group) is 1. The topological polar surface area (TPSA) is 114 Å². The molecule has 2 amide bonds. The molecule has 0 aromatic carbocycles. The lowest BCUT2D eigenvalue weighted by molar-refractivity contribution is -0.131. The van der Waals surface area contributed by atoms with Crippen LogP contribution < -0.4 is 10.6 Å². The Labute approximate surface area is 184 Å². The number of H-pyrrole nitrogens is 1. The van der Waals surface area contributed by atoms with Crippen LogP contribution in [0.15, 0.2) is 12.3 Å². The molecule has 8 nitrogen and oxygen atoms in total. The Balaban J connectivity index is 1.40. The minimum Gasteiger partial charge on any atom is -0.348 e. The van der Waals surface area contributed by atoms with Gasteiger partial charge in [0.25, 0.3) is 11.8 Å². The van der Waals surface area contributed by atoms with E-state index in [2.05, 4.69) is 20.8 Å². The summed E-state index contributed by atoms with van der Waals surface area (Å²) in [6.07, 6.45) is 14.6. The SMILES string of the molecule is CN1C(=N)N[C@](CCC2CCCCC2)(C[C@H]2CCC[C@@H](NC(=O)c3cc[nH]n3)C2)C1=O. The van der Waals surface area contributed by atoms with Crippen LogP contribution in [0.5, 0.6) is 0 Å². The van der Waals surface area contributed by atoms with E-state index in [9.17, 15) is 9.59 Å². The number of aromatic nitrogens is 2. The van der Waals surface area contributed by atoms with Crippen LogP contribution in [0.4, 0.5) is 0 Å². The van der Waals surface area contributed by atoms with E-state index in [-0.39, 0.29) is 23.8 Å². The van der Waals surface area contributed by atoms with Gasteiger partial charge in [-0.25, -0.2) is 0 Å². The van der Waals surface area contributed by atoms with Gasteiger partial charge in [-0.3, -0.25) is 25.0 Å². The van der Waals surface area contributed by atoms with Crippen LogP contribution in [-0.4, -0.2) is 51.5 Å². The first kappa shape index (κ1) is 21.8. The van der Waals surface area contributed by atoms with Crippen LogP contribution in [0.2, 0.25) is 0 Å². The Bertz CT molecular complexity index is 788. The van der Waals surface area contributed by atoms with Crippen molar-refractivity contribution in [1.29, 1.82) is 5.41 Å². The molecule has 2 saturated carbocycles. The Morgan fingerprint density at radius 2 is 2.00 bits per heavy atom. The lowest BCUT2D eigenvalue weighted by atomic mass is 9.74. The molecule has 1 aliphatic heterocycles. The maximum Gasteiger partial charge on any atom is 0.271 e. The second-order valence-corrected chi connectivity index (χ2v) is 9.83. The van der Waals surface area contributed by atoms with Gasteiger partial charge < -0.3 is 10.6 Å². The van der Waals surface area contributed by atoms with Crippen LogP contribution in [0, 0.1) is 17.2 Å². The zero-order valence-corrected chi connectivity index (χ0v) is 18.6. The number of rotatable bonds is 7. The van der Waals surface area contributed by atoms with E-state index in [1.54, 1.807) is 19.3 Å². The highest BCUT2D eigenvalue weighted by molar-refractivity contribution is 6.07. The van der Waals surface area contributed by atoms with Crippen LogP contribution in [0.1, 0.15) is 87.5 Å². The third-order valence-electron chi connectivity index (χ3n) is 7.60. The fourth-order valence-electron chi connectivity index (χ4n) is 5.87. The average molecular weight is 429 g/mol. The molecule has 4 N–H and O–H groups in total. The summed E-state index contributed by atoms with van der Waals surface area (Å²) in [6, 6.07) is 1.78. The number of carbonyl (C=O) groups is 2. The Morgan fingerprint density at radius 1 is 1.23 bits per heavy atom. The van der Waals surface area contributed by atoms with Gasteiger partial charge >= 0.3 is 0 Å². The first-order chi connectivity index (χ1) is 15.0. The first-order valence-corrected chi connectivity index (χ1v) is 11.9. The number of nitrogens with one attached hydrogen (secondary N) is 4. The molecular formula is C23H36N6O2.